The number of rotatable bonds is 7. The molecule has 1 heterocycles. The fourth-order valence-electron chi connectivity index (χ4n) is 2.77. The fraction of sp³-hybridized carbons (Fsp3) is 0.588. The molecule has 4 nitrogen and oxygen atoms in total. The van der Waals surface area contributed by atoms with Crippen molar-refractivity contribution in [1.82, 2.24) is 4.90 Å². The van der Waals surface area contributed by atoms with Crippen LogP contribution in [0.3, 0.4) is 0 Å². The number of unbranched alkanes of at least 4 members (excludes halogenated alkanes) is 1. The molecule has 0 unspecified atom stereocenters. The Kier molecular flexibility index (Phi) is 6.21. The molecule has 0 aromatic heterocycles. The molecule has 2 rings (SSSR count). The quantitative estimate of drug-likeness (QED) is 0.572. The maximum Gasteiger partial charge on any atom is 0.150 e. The molecule has 1 fully saturated rings. The van der Waals surface area contributed by atoms with Crippen LogP contribution >= 0.6 is 0 Å². The van der Waals surface area contributed by atoms with Crippen LogP contribution in [-0.2, 0) is 4.74 Å². The highest BCUT2D eigenvalue weighted by molar-refractivity contribution is 5.75. The summed E-state index contributed by atoms with van der Waals surface area (Å²) in [7, 11) is 0. The van der Waals surface area contributed by atoms with Crippen LogP contribution in [0.25, 0.3) is 0 Å². The van der Waals surface area contributed by atoms with E-state index in [-0.39, 0.29) is 0 Å². The average molecular weight is 291 g/mol. The van der Waals surface area contributed by atoms with Crippen LogP contribution in [0.4, 0.5) is 0 Å². The Hall–Kier alpha value is -1.39. The Labute approximate surface area is 127 Å². The standard InChI is InChI=1S/C17H25NO3/c1-14-11-18(12-15(2)21-14)8-3-4-9-20-17-7-5-6-16(10-17)13-19/h5-7,10,13-15H,3-4,8-9,11-12H2,1-2H3/t14-,15+. The molecule has 1 aliphatic heterocycles. The Morgan fingerprint density at radius 2 is 2.05 bits per heavy atom. The summed E-state index contributed by atoms with van der Waals surface area (Å²) in [5.41, 5.74) is 0.656. The maximum absolute atomic E-state index is 10.7. The monoisotopic (exact) mass is 291 g/mol. The second-order valence-corrected chi connectivity index (χ2v) is 5.76. The number of nitrogens with zero attached hydrogens (tertiary/aromatic N) is 1. The van der Waals surface area contributed by atoms with Crippen molar-refractivity contribution in [2.24, 2.45) is 0 Å². The molecule has 4 heteroatoms. The minimum atomic E-state index is 0.330. The number of carbonyl (C=O) groups is 1. The number of carbonyl (C=O) groups excluding carboxylic acids is 1. The SMILES string of the molecule is C[C@@H]1CN(CCCCOc2cccc(C=O)c2)C[C@H](C)O1. The lowest BCUT2D eigenvalue weighted by Gasteiger charge is -2.35. The molecule has 2 atom stereocenters. The van der Waals surface area contributed by atoms with Crippen molar-refractivity contribution in [2.75, 3.05) is 26.2 Å². The summed E-state index contributed by atoms with van der Waals surface area (Å²) in [6, 6.07) is 7.28. The Balaban J connectivity index is 1.62. The van der Waals surface area contributed by atoms with Gasteiger partial charge in [-0.15, -0.1) is 0 Å². The molecule has 0 amide bonds. The molecule has 1 aromatic rings. The number of hydrogen-bond acceptors (Lipinski definition) is 4. The first kappa shape index (κ1) is 16.0. The van der Waals surface area contributed by atoms with Crippen LogP contribution in [0.15, 0.2) is 24.3 Å². The molecule has 1 aliphatic rings. The van der Waals surface area contributed by atoms with Crippen molar-refractivity contribution in [1.29, 1.82) is 0 Å². The first-order chi connectivity index (χ1) is 10.2. The number of aldehydes is 1. The second kappa shape index (κ2) is 8.15. The third-order valence-electron chi connectivity index (χ3n) is 3.63. The number of benzene rings is 1. The first-order valence-electron chi connectivity index (χ1n) is 7.73. The summed E-state index contributed by atoms with van der Waals surface area (Å²) < 4.78 is 11.4. The molecule has 0 spiro atoms. The number of ether oxygens (including phenoxy) is 2. The van der Waals surface area contributed by atoms with Crippen LogP contribution in [0.1, 0.15) is 37.0 Å². The van der Waals surface area contributed by atoms with Gasteiger partial charge in [0.25, 0.3) is 0 Å². The van der Waals surface area contributed by atoms with Crippen LogP contribution in [0.2, 0.25) is 0 Å². The molecule has 21 heavy (non-hydrogen) atoms. The summed E-state index contributed by atoms with van der Waals surface area (Å²) in [5.74, 6) is 0.771. The molecule has 0 aliphatic carbocycles. The fourth-order valence-corrected chi connectivity index (χ4v) is 2.77. The molecule has 0 saturated carbocycles. The van der Waals surface area contributed by atoms with Gasteiger partial charge in [-0.2, -0.15) is 0 Å². The molecule has 1 aromatic carbocycles. The van der Waals surface area contributed by atoms with Gasteiger partial charge in [-0.1, -0.05) is 12.1 Å². The van der Waals surface area contributed by atoms with E-state index in [9.17, 15) is 4.79 Å². The van der Waals surface area contributed by atoms with Crippen molar-refractivity contribution in [3.63, 3.8) is 0 Å². The Morgan fingerprint density at radius 3 is 2.76 bits per heavy atom. The summed E-state index contributed by atoms with van der Waals surface area (Å²) in [6.07, 6.45) is 3.64. The molecular formula is C17H25NO3. The van der Waals surface area contributed by atoms with E-state index in [2.05, 4.69) is 18.7 Å². The van der Waals surface area contributed by atoms with Gasteiger partial charge >= 0.3 is 0 Å². The zero-order valence-electron chi connectivity index (χ0n) is 13.0. The highest BCUT2D eigenvalue weighted by Crippen LogP contribution is 2.13. The van der Waals surface area contributed by atoms with E-state index in [0.717, 1.165) is 44.5 Å². The summed E-state index contributed by atoms with van der Waals surface area (Å²) in [4.78, 5) is 13.2. The topological polar surface area (TPSA) is 38.8 Å². The molecule has 1 saturated heterocycles. The van der Waals surface area contributed by atoms with Crippen molar-refractivity contribution in [3.8, 4) is 5.75 Å². The van der Waals surface area contributed by atoms with Gasteiger partial charge < -0.3 is 9.47 Å². The van der Waals surface area contributed by atoms with Gasteiger partial charge in [0, 0.05) is 18.7 Å². The minimum Gasteiger partial charge on any atom is -0.494 e. The number of hydrogen-bond donors (Lipinski definition) is 0. The van der Waals surface area contributed by atoms with Crippen LogP contribution < -0.4 is 4.74 Å². The van der Waals surface area contributed by atoms with Gasteiger partial charge in [0.1, 0.15) is 12.0 Å². The van der Waals surface area contributed by atoms with E-state index < -0.39 is 0 Å². The predicted molar refractivity (Wildman–Crippen MR) is 83.0 cm³/mol. The minimum absolute atomic E-state index is 0.330. The van der Waals surface area contributed by atoms with Gasteiger partial charge in [-0.25, -0.2) is 0 Å². The lowest BCUT2D eigenvalue weighted by atomic mass is 10.2. The number of morpholine rings is 1. The largest absolute Gasteiger partial charge is 0.494 e. The molecule has 0 radical (unpaired) electrons. The summed E-state index contributed by atoms with van der Waals surface area (Å²) >= 11 is 0. The summed E-state index contributed by atoms with van der Waals surface area (Å²) in [5, 5.41) is 0. The zero-order chi connectivity index (χ0) is 15.1. The van der Waals surface area contributed by atoms with Crippen LogP contribution in [0.5, 0.6) is 5.75 Å². The maximum atomic E-state index is 10.7. The van der Waals surface area contributed by atoms with Crippen LogP contribution in [0, 0.1) is 0 Å². The first-order valence-corrected chi connectivity index (χ1v) is 7.73. The Morgan fingerprint density at radius 1 is 1.29 bits per heavy atom. The predicted octanol–water partition coefficient (Wildman–Crippen LogP) is 2.77. The smallest absolute Gasteiger partial charge is 0.150 e. The Bertz CT molecular complexity index is 439. The second-order valence-electron chi connectivity index (χ2n) is 5.76. The molecule has 116 valence electrons. The van der Waals surface area contributed by atoms with Crippen molar-refractivity contribution in [3.05, 3.63) is 29.8 Å². The highest BCUT2D eigenvalue weighted by Gasteiger charge is 2.21. The van der Waals surface area contributed by atoms with Gasteiger partial charge in [-0.05, 0) is 45.4 Å². The van der Waals surface area contributed by atoms with Gasteiger partial charge in [0.05, 0.1) is 18.8 Å². The molecular weight excluding hydrogens is 266 g/mol. The van der Waals surface area contributed by atoms with E-state index in [1.807, 2.05) is 12.1 Å². The van der Waals surface area contributed by atoms with Crippen molar-refractivity contribution >= 4 is 6.29 Å². The van der Waals surface area contributed by atoms with E-state index >= 15 is 0 Å². The van der Waals surface area contributed by atoms with Gasteiger partial charge in [-0.3, -0.25) is 9.69 Å². The van der Waals surface area contributed by atoms with E-state index in [1.54, 1.807) is 12.1 Å². The normalized spacial score (nSPS) is 23.0. The summed E-state index contributed by atoms with van der Waals surface area (Å²) in [6.45, 7) is 8.09. The molecule has 0 bridgehead atoms. The van der Waals surface area contributed by atoms with E-state index in [4.69, 9.17) is 9.47 Å². The van der Waals surface area contributed by atoms with Crippen molar-refractivity contribution < 1.29 is 14.3 Å². The molecule has 0 N–H and O–H groups in total. The van der Waals surface area contributed by atoms with E-state index in [0.29, 0.717) is 24.4 Å². The third kappa shape index (κ3) is 5.48. The third-order valence-corrected chi connectivity index (χ3v) is 3.63. The van der Waals surface area contributed by atoms with Gasteiger partial charge in [0.2, 0.25) is 0 Å². The van der Waals surface area contributed by atoms with Gasteiger partial charge in [0.15, 0.2) is 0 Å². The zero-order valence-corrected chi connectivity index (χ0v) is 13.0. The van der Waals surface area contributed by atoms with E-state index in [1.165, 1.54) is 0 Å². The lowest BCUT2D eigenvalue weighted by molar-refractivity contribution is -0.0682. The van der Waals surface area contributed by atoms with Crippen LogP contribution in [-0.4, -0.2) is 49.6 Å². The highest BCUT2D eigenvalue weighted by atomic mass is 16.5. The lowest BCUT2D eigenvalue weighted by Crippen LogP contribution is -2.45. The average Bonchev–Trinajstić information content (AvgIpc) is 2.46. The van der Waals surface area contributed by atoms with Crippen molar-refractivity contribution in [2.45, 2.75) is 38.9 Å².